The highest BCUT2D eigenvalue weighted by molar-refractivity contribution is 7.17. The van der Waals surface area contributed by atoms with E-state index >= 15 is 0 Å². The molecule has 0 aliphatic carbocycles. The largest absolute Gasteiger partial charge is 0.481 e. The summed E-state index contributed by atoms with van der Waals surface area (Å²) in [5.41, 5.74) is 2.40. The van der Waals surface area contributed by atoms with Gasteiger partial charge in [0.15, 0.2) is 0 Å². The lowest BCUT2D eigenvalue weighted by Crippen LogP contribution is -2.02. The number of carbonyl (C=O) groups is 1. The number of fused-ring (bicyclic) bond motifs is 1. The number of carboxylic acids is 1. The van der Waals surface area contributed by atoms with E-state index in [4.69, 9.17) is 5.11 Å². The Balaban J connectivity index is 2.41. The van der Waals surface area contributed by atoms with Crippen molar-refractivity contribution >= 4 is 27.4 Å². The summed E-state index contributed by atoms with van der Waals surface area (Å²) in [5, 5.41) is 12.1. The minimum Gasteiger partial charge on any atom is -0.481 e. The maximum atomic E-state index is 10.7. The van der Waals surface area contributed by atoms with Gasteiger partial charge in [-0.15, -0.1) is 11.3 Å². The summed E-state index contributed by atoms with van der Waals surface area (Å²) in [6.45, 7) is 4.04. The lowest BCUT2D eigenvalue weighted by molar-refractivity contribution is -0.137. The molecule has 3 heteroatoms. The molecule has 84 valence electrons. The lowest BCUT2D eigenvalue weighted by Gasteiger charge is -2.07. The summed E-state index contributed by atoms with van der Waals surface area (Å²) in [4.78, 5) is 10.7. The fourth-order valence-corrected chi connectivity index (χ4v) is 3.09. The van der Waals surface area contributed by atoms with Crippen LogP contribution in [0.4, 0.5) is 0 Å². The summed E-state index contributed by atoms with van der Waals surface area (Å²) < 4.78 is 1.24. The predicted molar refractivity (Wildman–Crippen MR) is 67.2 cm³/mol. The van der Waals surface area contributed by atoms with E-state index in [-0.39, 0.29) is 12.3 Å². The first-order valence-corrected chi connectivity index (χ1v) is 6.15. The van der Waals surface area contributed by atoms with E-state index in [1.807, 2.05) is 6.92 Å². The molecule has 0 bridgehead atoms. The van der Waals surface area contributed by atoms with E-state index in [0.717, 1.165) is 5.56 Å². The van der Waals surface area contributed by atoms with Crippen molar-refractivity contribution in [1.82, 2.24) is 0 Å². The molecule has 0 aliphatic heterocycles. The molecule has 2 nitrogen and oxygen atoms in total. The number of benzene rings is 1. The number of hydrogen-bond donors (Lipinski definition) is 1. The minimum absolute atomic E-state index is 0.0777. The molecular formula is C13H14O2S. The molecule has 0 saturated carbocycles. The van der Waals surface area contributed by atoms with Gasteiger partial charge in [-0.3, -0.25) is 4.79 Å². The Bertz CT molecular complexity index is 528. The molecule has 0 spiro atoms. The van der Waals surface area contributed by atoms with Gasteiger partial charge in [0.25, 0.3) is 0 Å². The Morgan fingerprint density at radius 1 is 1.50 bits per heavy atom. The smallest absolute Gasteiger partial charge is 0.303 e. The molecule has 1 heterocycles. The molecule has 1 aromatic heterocycles. The first-order chi connectivity index (χ1) is 7.58. The normalized spacial score (nSPS) is 12.9. The van der Waals surface area contributed by atoms with Crippen LogP contribution in [0.2, 0.25) is 0 Å². The lowest BCUT2D eigenvalue weighted by atomic mass is 9.97. The molecule has 0 amide bonds. The van der Waals surface area contributed by atoms with Crippen LogP contribution in [0.3, 0.4) is 0 Å². The SMILES string of the molecule is Cc1ccc2c(C(C)CC(=O)O)csc2c1. The maximum absolute atomic E-state index is 10.7. The highest BCUT2D eigenvalue weighted by Crippen LogP contribution is 2.33. The minimum atomic E-state index is -0.737. The van der Waals surface area contributed by atoms with Crippen LogP contribution < -0.4 is 0 Å². The van der Waals surface area contributed by atoms with Crippen LogP contribution >= 0.6 is 11.3 Å². The third-order valence-corrected chi connectivity index (χ3v) is 3.74. The Kier molecular flexibility index (Phi) is 2.97. The van der Waals surface area contributed by atoms with Gasteiger partial charge < -0.3 is 5.11 Å². The topological polar surface area (TPSA) is 37.3 Å². The van der Waals surface area contributed by atoms with Gasteiger partial charge >= 0.3 is 5.97 Å². The predicted octanol–water partition coefficient (Wildman–Crippen LogP) is 3.79. The zero-order chi connectivity index (χ0) is 11.7. The summed E-state index contributed by atoms with van der Waals surface area (Å²) >= 11 is 1.69. The van der Waals surface area contributed by atoms with Crippen LogP contribution in [-0.2, 0) is 4.79 Å². The molecule has 16 heavy (non-hydrogen) atoms. The van der Waals surface area contributed by atoms with Crippen LogP contribution in [0.5, 0.6) is 0 Å². The first-order valence-electron chi connectivity index (χ1n) is 5.27. The monoisotopic (exact) mass is 234 g/mol. The van der Waals surface area contributed by atoms with E-state index in [2.05, 4.69) is 30.5 Å². The maximum Gasteiger partial charge on any atom is 0.303 e. The summed E-state index contributed by atoms with van der Waals surface area (Å²) in [7, 11) is 0. The van der Waals surface area contributed by atoms with E-state index in [9.17, 15) is 4.79 Å². The zero-order valence-corrected chi connectivity index (χ0v) is 10.2. The second-order valence-corrected chi connectivity index (χ2v) is 5.10. The van der Waals surface area contributed by atoms with Crippen molar-refractivity contribution in [2.75, 3.05) is 0 Å². The molecule has 1 unspecified atom stereocenters. The molecule has 2 rings (SSSR count). The number of hydrogen-bond acceptors (Lipinski definition) is 2. The van der Waals surface area contributed by atoms with Gasteiger partial charge in [-0.25, -0.2) is 0 Å². The Hall–Kier alpha value is -1.35. The zero-order valence-electron chi connectivity index (χ0n) is 9.36. The second kappa shape index (κ2) is 4.26. The molecule has 1 N–H and O–H groups in total. The van der Waals surface area contributed by atoms with Crippen LogP contribution in [-0.4, -0.2) is 11.1 Å². The van der Waals surface area contributed by atoms with Crippen LogP contribution in [0.25, 0.3) is 10.1 Å². The number of rotatable bonds is 3. The third-order valence-electron chi connectivity index (χ3n) is 2.77. The average molecular weight is 234 g/mol. The van der Waals surface area contributed by atoms with Gasteiger partial charge in [0.1, 0.15) is 0 Å². The molecule has 1 aromatic carbocycles. The standard InChI is InChI=1S/C13H14O2S/c1-8-3-4-10-11(7-16-12(10)5-8)9(2)6-13(14)15/h3-5,7,9H,6H2,1-2H3,(H,14,15). The molecule has 0 saturated heterocycles. The average Bonchev–Trinajstić information content (AvgIpc) is 2.59. The summed E-state index contributed by atoms with van der Waals surface area (Å²) in [6.07, 6.45) is 0.194. The van der Waals surface area contributed by atoms with Crippen LogP contribution in [0.1, 0.15) is 30.4 Å². The Labute approximate surface area is 98.5 Å². The van der Waals surface area contributed by atoms with Crippen molar-refractivity contribution in [2.45, 2.75) is 26.2 Å². The van der Waals surface area contributed by atoms with Gasteiger partial charge in [-0.1, -0.05) is 19.1 Å². The van der Waals surface area contributed by atoms with E-state index in [1.165, 1.54) is 15.6 Å². The molecule has 0 radical (unpaired) electrons. The number of aryl methyl sites for hydroxylation is 1. The molecule has 2 aromatic rings. The third kappa shape index (κ3) is 2.09. The van der Waals surface area contributed by atoms with Gasteiger partial charge in [0.2, 0.25) is 0 Å². The molecular weight excluding hydrogens is 220 g/mol. The molecule has 0 fully saturated rings. The number of thiophene rings is 1. The Morgan fingerprint density at radius 2 is 2.25 bits per heavy atom. The van der Waals surface area contributed by atoms with Crippen molar-refractivity contribution < 1.29 is 9.90 Å². The van der Waals surface area contributed by atoms with Crippen molar-refractivity contribution in [2.24, 2.45) is 0 Å². The van der Waals surface area contributed by atoms with Crippen LogP contribution in [0.15, 0.2) is 23.6 Å². The van der Waals surface area contributed by atoms with Crippen molar-refractivity contribution in [3.63, 3.8) is 0 Å². The quantitative estimate of drug-likeness (QED) is 0.877. The van der Waals surface area contributed by atoms with Gasteiger partial charge in [0, 0.05) is 4.70 Å². The van der Waals surface area contributed by atoms with Crippen LogP contribution in [0, 0.1) is 6.92 Å². The van der Waals surface area contributed by atoms with E-state index < -0.39 is 5.97 Å². The van der Waals surface area contributed by atoms with Gasteiger partial charge in [-0.05, 0) is 40.8 Å². The van der Waals surface area contributed by atoms with Crippen molar-refractivity contribution in [3.8, 4) is 0 Å². The van der Waals surface area contributed by atoms with E-state index in [0.29, 0.717) is 0 Å². The summed E-state index contributed by atoms with van der Waals surface area (Å²) in [6, 6.07) is 6.32. The summed E-state index contributed by atoms with van der Waals surface area (Å²) in [5.74, 6) is -0.659. The molecule has 0 aliphatic rings. The van der Waals surface area contributed by atoms with Gasteiger partial charge in [-0.2, -0.15) is 0 Å². The second-order valence-electron chi connectivity index (χ2n) is 4.19. The highest BCUT2D eigenvalue weighted by atomic mass is 32.1. The number of carboxylic acid groups (broad SMARTS) is 1. The molecule has 1 atom stereocenters. The fourth-order valence-electron chi connectivity index (χ4n) is 1.91. The Morgan fingerprint density at radius 3 is 2.94 bits per heavy atom. The first kappa shape index (κ1) is 11.1. The van der Waals surface area contributed by atoms with E-state index in [1.54, 1.807) is 11.3 Å². The fraction of sp³-hybridized carbons (Fsp3) is 0.308. The highest BCUT2D eigenvalue weighted by Gasteiger charge is 2.14. The van der Waals surface area contributed by atoms with Crippen molar-refractivity contribution in [1.29, 1.82) is 0 Å². The van der Waals surface area contributed by atoms with Gasteiger partial charge in [0.05, 0.1) is 6.42 Å². The van der Waals surface area contributed by atoms with Crippen molar-refractivity contribution in [3.05, 3.63) is 34.7 Å². The number of aliphatic carboxylic acids is 1.